The highest BCUT2D eigenvalue weighted by Gasteiger charge is 2.45. The van der Waals surface area contributed by atoms with Crippen LogP contribution in [0.2, 0.25) is 0 Å². The van der Waals surface area contributed by atoms with Crippen LogP contribution in [0.15, 0.2) is 12.2 Å². The Balaban J connectivity index is 2.33. The zero-order chi connectivity index (χ0) is 7.19. The van der Waals surface area contributed by atoms with Crippen molar-refractivity contribution in [3.05, 3.63) is 12.2 Å². The zero-order valence-electron chi connectivity index (χ0n) is 5.75. The molecule has 1 fully saturated rings. The lowest BCUT2D eigenvalue weighted by Gasteiger charge is -2.22. The maximum absolute atomic E-state index is 9.70. The van der Waals surface area contributed by atoms with Gasteiger partial charge in [0.15, 0.2) is 0 Å². The Morgan fingerprint density at radius 2 is 2.40 bits per heavy atom. The second-order valence-electron chi connectivity index (χ2n) is 3.26. The molecule has 1 heteroatoms. The van der Waals surface area contributed by atoms with Crippen LogP contribution >= 0.6 is 0 Å². The van der Waals surface area contributed by atoms with Gasteiger partial charge in [-0.15, -0.1) is 6.42 Å². The normalized spacial score (nSPS) is 49.6. The third-order valence-corrected chi connectivity index (χ3v) is 2.61. The Kier molecular flexibility index (Phi) is 0.988. The standard InChI is InChI=1S/C9H10O/c1-2-9(10)6-7-3-4-8(9)5-7/h1,3-4,7-8,10H,5-6H2. The van der Waals surface area contributed by atoms with Crippen molar-refractivity contribution in [3.63, 3.8) is 0 Å². The van der Waals surface area contributed by atoms with Gasteiger partial charge in [-0.05, 0) is 18.8 Å². The predicted octanol–water partition coefficient (Wildman–Crippen LogP) is 0.947. The van der Waals surface area contributed by atoms with E-state index in [1.165, 1.54) is 0 Å². The van der Waals surface area contributed by atoms with Crippen LogP contribution in [0.25, 0.3) is 0 Å². The molecule has 1 N–H and O–H groups in total. The molecule has 0 radical (unpaired) electrons. The van der Waals surface area contributed by atoms with Crippen molar-refractivity contribution in [2.45, 2.75) is 18.4 Å². The summed E-state index contributed by atoms with van der Waals surface area (Å²) >= 11 is 0. The van der Waals surface area contributed by atoms with Crippen molar-refractivity contribution in [1.82, 2.24) is 0 Å². The van der Waals surface area contributed by atoms with Gasteiger partial charge in [-0.25, -0.2) is 0 Å². The molecule has 1 saturated carbocycles. The molecule has 3 unspecified atom stereocenters. The van der Waals surface area contributed by atoms with E-state index >= 15 is 0 Å². The van der Waals surface area contributed by atoms with Crippen molar-refractivity contribution in [2.24, 2.45) is 11.8 Å². The van der Waals surface area contributed by atoms with Crippen LogP contribution in [0.3, 0.4) is 0 Å². The van der Waals surface area contributed by atoms with Gasteiger partial charge in [0.1, 0.15) is 5.60 Å². The number of aliphatic hydroxyl groups is 1. The summed E-state index contributed by atoms with van der Waals surface area (Å²) in [5.74, 6) is 3.26. The van der Waals surface area contributed by atoms with E-state index in [2.05, 4.69) is 12.0 Å². The number of fused-ring (bicyclic) bond motifs is 2. The van der Waals surface area contributed by atoms with E-state index in [1.54, 1.807) is 0 Å². The molecule has 2 aliphatic carbocycles. The van der Waals surface area contributed by atoms with Crippen LogP contribution in [-0.4, -0.2) is 10.7 Å². The van der Waals surface area contributed by atoms with Crippen molar-refractivity contribution in [2.75, 3.05) is 0 Å². The van der Waals surface area contributed by atoms with E-state index in [-0.39, 0.29) is 5.92 Å². The highest BCUT2D eigenvalue weighted by atomic mass is 16.3. The average molecular weight is 134 g/mol. The molecule has 0 saturated heterocycles. The number of terminal acetylenes is 1. The van der Waals surface area contributed by atoms with Crippen molar-refractivity contribution < 1.29 is 5.11 Å². The maximum atomic E-state index is 9.70. The maximum Gasteiger partial charge on any atom is 0.132 e. The summed E-state index contributed by atoms with van der Waals surface area (Å²) in [6.07, 6.45) is 11.3. The van der Waals surface area contributed by atoms with E-state index in [9.17, 15) is 5.11 Å². The first-order chi connectivity index (χ1) is 4.74. The second-order valence-corrected chi connectivity index (χ2v) is 3.26. The molecule has 10 heavy (non-hydrogen) atoms. The fraction of sp³-hybridized carbons (Fsp3) is 0.556. The average Bonchev–Trinajstić information content (AvgIpc) is 2.46. The Hall–Kier alpha value is -0.740. The molecular formula is C9H10O. The minimum Gasteiger partial charge on any atom is -0.377 e. The summed E-state index contributed by atoms with van der Waals surface area (Å²) < 4.78 is 0. The molecule has 0 aromatic rings. The first kappa shape index (κ1) is 6.00. The predicted molar refractivity (Wildman–Crippen MR) is 39.1 cm³/mol. The Labute approximate surface area is 60.8 Å². The van der Waals surface area contributed by atoms with Crippen LogP contribution in [0, 0.1) is 24.2 Å². The van der Waals surface area contributed by atoms with Gasteiger partial charge in [0, 0.05) is 5.92 Å². The smallest absolute Gasteiger partial charge is 0.132 e. The molecule has 3 atom stereocenters. The Morgan fingerprint density at radius 1 is 1.60 bits per heavy atom. The topological polar surface area (TPSA) is 20.2 Å². The molecule has 0 amide bonds. The van der Waals surface area contributed by atoms with Gasteiger partial charge in [0.25, 0.3) is 0 Å². The van der Waals surface area contributed by atoms with Crippen LogP contribution in [-0.2, 0) is 0 Å². The minimum atomic E-state index is -0.806. The van der Waals surface area contributed by atoms with Gasteiger partial charge >= 0.3 is 0 Å². The monoisotopic (exact) mass is 134 g/mol. The van der Waals surface area contributed by atoms with Crippen molar-refractivity contribution >= 4 is 0 Å². The first-order valence-corrected chi connectivity index (χ1v) is 3.63. The summed E-state index contributed by atoms with van der Waals surface area (Å²) in [5, 5.41) is 9.70. The molecule has 1 nitrogen and oxygen atoms in total. The third kappa shape index (κ3) is 0.574. The highest BCUT2D eigenvalue weighted by Crippen LogP contribution is 2.45. The minimum absolute atomic E-state index is 0.238. The van der Waals surface area contributed by atoms with Crippen LogP contribution < -0.4 is 0 Å². The van der Waals surface area contributed by atoms with Crippen LogP contribution in [0.1, 0.15) is 12.8 Å². The summed E-state index contributed by atoms with van der Waals surface area (Å²) in [7, 11) is 0. The number of allylic oxidation sites excluding steroid dienone is 1. The molecule has 0 aromatic heterocycles. The van der Waals surface area contributed by atoms with E-state index in [1.807, 2.05) is 6.08 Å². The Bertz CT molecular complexity index is 223. The molecule has 2 aliphatic rings. The van der Waals surface area contributed by atoms with Crippen LogP contribution in [0.4, 0.5) is 0 Å². The molecule has 0 spiro atoms. The lowest BCUT2D eigenvalue weighted by atomic mass is 9.89. The van der Waals surface area contributed by atoms with Gasteiger partial charge in [0.2, 0.25) is 0 Å². The lowest BCUT2D eigenvalue weighted by Crippen LogP contribution is -2.30. The molecule has 52 valence electrons. The zero-order valence-corrected chi connectivity index (χ0v) is 5.75. The van der Waals surface area contributed by atoms with Gasteiger partial charge in [-0.2, -0.15) is 0 Å². The fourth-order valence-corrected chi connectivity index (χ4v) is 2.00. The molecule has 0 aliphatic heterocycles. The van der Waals surface area contributed by atoms with Gasteiger partial charge in [0.05, 0.1) is 0 Å². The van der Waals surface area contributed by atoms with Gasteiger partial charge in [-0.1, -0.05) is 18.1 Å². The highest BCUT2D eigenvalue weighted by molar-refractivity contribution is 5.25. The molecule has 0 aromatic carbocycles. The molecular weight excluding hydrogens is 124 g/mol. The largest absolute Gasteiger partial charge is 0.377 e. The molecule has 0 heterocycles. The summed E-state index contributed by atoms with van der Waals surface area (Å²) in [6.45, 7) is 0. The van der Waals surface area contributed by atoms with E-state index in [0.717, 1.165) is 12.8 Å². The quantitative estimate of drug-likeness (QED) is 0.386. The number of hydrogen-bond donors (Lipinski definition) is 1. The van der Waals surface area contributed by atoms with E-state index in [0.29, 0.717) is 5.92 Å². The Morgan fingerprint density at radius 3 is 2.70 bits per heavy atom. The first-order valence-electron chi connectivity index (χ1n) is 3.63. The SMILES string of the molecule is C#CC1(O)CC2C=CC1C2. The third-order valence-electron chi connectivity index (χ3n) is 2.61. The van der Waals surface area contributed by atoms with E-state index < -0.39 is 5.60 Å². The van der Waals surface area contributed by atoms with Gasteiger partial charge in [-0.3, -0.25) is 0 Å². The van der Waals surface area contributed by atoms with Gasteiger partial charge < -0.3 is 5.11 Å². The fourth-order valence-electron chi connectivity index (χ4n) is 2.00. The molecule has 2 rings (SSSR count). The summed E-state index contributed by atoms with van der Waals surface area (Å²) in [5.41, 5.74) is -0.806. The lowest BCUT2D eigenvalue weighted by molar-refractivity contribution is 0.0753. The second kappa shape index (κ2) is 1.65. The number of rotatable bonds is 0. The van der Waals surface area contributed by atoms with Crippen molar-refractivity contribution in [1.29, 1.82) is 0 Å². The summed E-state index contributed by atoms with van der Waals surface area (Å²) in [6, 6.07) is 0. The van der Waals surface area contributed by atoms with Crippen molar-refractivity contribution in [3.8, 4) is 12.3 Å². The van der Waals surface area contributed by atoms with E-state index in [4.69, 9.17) is 6.42 Å². The number of hydrogen-bond acceptors (Lipinski definition) is 1. The summed E-state index contributed by atoms with van der Waals surface area (Å²) in [4.78, 5) is 0. The van der Waals surface area contributed by atoms with Crippen LogP contribution in [0.5, 0.6) is 0 Å². The molecule has 2 bridgehead atoms.